The van der Waals surface area contributed by atoms with Gasteiger partial charge in [-0.05, 0) is 41.9 Å². The number of rotatable bonds is 7. The first-order valence-corrected chi connectivity index (χ1v) is 13.7. The zero-order valence-corrected chi connectivity index (χ0v) is 20.3. The van der Waals surface area contributed by atoms with Crippen LogP contribution in [0.5, 0.6) is 0 Å². The number of nitrogens with zero attached hydrogens (tertiary/aromatic N) is 4. The maximum Gasteiger partial charge on any atom is 0.339 e. The molecular weight excluding hydrogens is 408 g/mol. The minimum atomic E-state index is -1.76. The van der Waals surface area contributed by atoms with E-state index in [0.29, 0.717) is 12.4 Å². The van der Waals surface area contributed by atoms with Crippen molar-refractivity contribution in [2.45, 2.75) is 52.1 Å². The van der Waals surface area contributed by atoms with Gasteiger partial charge in [-0.1, -0.05) is 26.8 Å². The van der Waals surface area contributed by atoms with E-state index in [0.717, 1.165) is 44.0 Å². The van der Waals surface area contributed by atoms with Gasteiger partial charge in [0.2, 0.25) is 0 Å². The molecule has 0 atom stereocenters. The van der Waals surface area contributed by atoms with Crippen molar-refractivity contribution >= 4 is 20.1 Å². The molecule has 2 aromatic rings. The Morgan fingerprint density at radius 2 is 1.84 bits per heavy atom. The third-order valence-electron chi connectivity index (χ3n) is 6.37. The van der Waals surface area contributed by atoms with Crippen LogP contribution in [0.15, 0.2) is 36.7 Å². The predicted molar refractivity (Wildman–Crippen MR) is 125 cm³/mol. The van der Waals surface area contributed by atoms with E-state index in [1.54, 1.807) is 18.3 Å². The summed E-state index contributed by atoms with van der Waals surface area (Å²) in [6.07, 6.45) is 3.57. The zero-order chi connectivity index (χ0) is 22.6. The molecule has 2 aromatic heterocycles. The number of carboxylic acid groups (broad SMARTS) is 1. The van der Waals surface area contributed by atoms with Gasteiger partial charge in [0.25, 0.3) is 0 Å². The number of carboxylic acids is 1. The van der Waals surface area contributed by atoms with E-state index in [-0.39, 0.29) is 10.6 Å². The van der Waals surface area contributed by atoms with E-state index in [1.165, 1.54) is 0 Å². The molecule has 1 aliphatic heterocycles. The lowest BCUT2D eigenvalue weighted by Gasteiger charge is -2.36. The third-order valence-corrected chi connectivity index (χ3v) is 10.8. The summed E-state index contributed by atoms with van der Waals surface area (Å²) in [6.45, 7) is 15.8. The fourth-order valence-electron chi connectivity index (χ4n) is 3.28. The maximum absolute atomic E-state index is 11.5. The summed E-state index contributed by atoms with van der Waals surface area (Å²) < 4.78 is 6.29. The second-order valence-corrected chi connectivity index (χ2v) is 14.5. The van der Waals surface area contributed by atoms with Crippen LogP contribution in [-0.4, -0.2) is 60.4 Å². The first kappa shape index (κ1) is 23.4. The molecule has 0 amide bonds. The van der Waals surface area contributed by atoms with Crippen molar-refractivity contribution in [2.24, 2.45) is 0 Å². The molecule has 0 aromatic carbocycles. The van der Waals surface area contributed by atoms with E-state index < -0.39 is 14.3 Å². The van der Waals surface area contributed by atoms with Crippen LogP contribution in [0.2, 0.25) is 18.1 Å². The van der Waals surface area contributed by atoms with Crippen molar-refractivity contribution in [3.63, 3.8) is 0 Å². The largest absolute Gasteiger partial charge is 0.478 e. The Labute approximate surface area is 186 Å². The van der Waals surface area contributed by atoms with Crippen molar-refractivity contribution in [3.05, 3.63) is 53.5 Å². The van der Waals surface area contributed by atoms with Gasteiger partial charge in [-0.15, -0.1) is 0 Å². The number of piperazine rings is 1. The summed E-state index contributed by atoms with van der Waals surface area (Å²) in [5.74, 6) is -0.383. The number of hydrogen-bond donors (Lipinski definition) is 1. The number of pyridine rings is 2. The van der Waals surface area contributed by atoms with Crippen LogP contribution in [0.1, 0.15) is 42.4 Å². The first-order valence-electron chi connectivity index (χ1n) is 10.8. The Hall–Kier alpha value is -2.29. The van der Waals surface area contributed by atoms with Crippen molar-refractivity contribution in [3.8, 4) is 0 Å². The minimum Gasteiger partial charge on any atom is -0.478 e. The first-order chi connectivity index (χ1) is 14.6. The number of anilines is 1. The predicted octanol–water partition coefficient (Wildman–Crippen LogP) is 4.02. The van der Waals surface area contributed by atoms with Gasteiger partial charge in [0.1, 0.15) is 11.4 Å². The highest BCUT2D eigenvalue weighted by Gasteiger charge is 2.37. The minimum absolute atomic E-state index is 0.197. The van der Waals surface area contributed by atoms with Crippen LogP contribution in [-0.2, 0) is 17.6 Å². The van der Waals surface area contributed by atoms with Gasteiger partial charge >= 0.3 is 5.97 Å². The molecule has 1 aliphatic rings. The summed E-state index contributed by atoms with van der Waals surface area (Å²) in [4.78, 5) is 24.8. The second-order valence-electron chi connectivity index (χ2n) is 9.65. The summed E-state index contributed by atoms with van der Waals surface area (Å²) >= 11 is 0. The average Bonchev–Trinajstić information content (AvgIpc) is 2.73. The van der Waals surface area contributed by atoms with Crippen molar-refractivity contribution in [1.82, 2.24) is 14.9 Å². The van der Waals surface area contributed by atoms with Crippen molar-refractivity contribution in [1.29, 1.82) is 0 Å². The number of carbonyl (C=O) groups is 1. The standard InChI is InChI=1S/C23H34N4O3Si/c1-23(2,3)31(4,5)30-17-18-8-9-19(25-15-18)16-26-11-13-27(14-12-26)21-20(22(28)29)7-6-10-24-21/h6-10,15H,11-14,16-17H2,1-5H3,(H,28,29). The number of aromatic carboxylic acids is 1. The Balaban J connectivity index is 1.52. The maximum atomic E-state index is 11.5. The van der Waals surface area contributed by atoms with E-state index in [9.17, 15) is 9.90 Å². The molecule has 0 bridgehead atoms. The van der Waals surface area contributed by atoms with Crippen molar-refractivity contribution in [2.75, 3.05) is 31.1 Å². The molecule has 168 valence electrons. The van der Waals surface area contributed by atoms with Gasteiger partial charge in [0, 0.05) is 45.1 Å². The molecular formula is C23H34N4O3Si. The molecule has 1 N–H and O–H groups in total. The smallest absolute Gasteiger partial charge is 0.339 e. The second kappa shape index (κ2) is 9.46. The van der Waals surface area contributed by atoms with Crippen LogP contribution in [0.25, 0.3) is 0 Å². The molecule has 1 fully saturated rings. The molecule has 1 saturated heterocycles. The van der Waals surface area contributed by atoms with Gasteiger partial charge in [0.15, 0.2) is 8.32 Å². The normalized spacial score (nSPS) is 15.8. The molecule has 0 aliphatic carbocycles. The van der Waals surface area contributed by atoms with E-state index in [2.05, 4.69) is 65.8 Å². The average molecular weight is 443 g/mol. The van der Waals surface area contributed by atoms with Crippen molar-refractivity contribution < 1.29 is 14.3 Å². The summed E-state index contributed by atoms with van der Waals surface area (Å²) in [7, 11) is -1.76. The Morgan fingerprint density at radius 3 is 2.42 bits per heavy atom. The third kappa shape index (κ3) is 5.90. The number of hydrogen-bond acceptors (Lipinski definition) is 6. The molecule has 0 saturated carbocycles. The molecule has 0 spiro atoms. The van der Waals surface area contributed by atoms with Crippen LogP contribution in [0.4, 0.5) is 5.82 Å². The van der Waals surface area contributed by atoms with Crippen LogP contribution in [0, 0.1) is 0 Å². The molecule has 31 heavy (non-hydrogen) atoms. The van der Waals surface area contributed by atoms with Crippen LogP contribution in [0.3, 0.4) is 0 Å². The Morgan fingerprint density at radius 1 is 1.13 bits per heavy atom. The molecule has 8 heteroatoms. The molecule has 0 radical (unpaired) electrons. The van der Waals surface area contributed by atoms with Crippen LogP contribution < -0.4 is 4.90 Å². The summed E-state index contributed by atoms with van der Waals surface area (Å²) in [5.41, 5.74) is 2.40. The summed E-state index contributed by atoms with van der Waals surface area (Å²) in [5, 5.41) is 9.59. The number of aromatic nitrogens is 2. The lowest BCUT2D eigenvalue weighted by atomic mass is 10.2. The molecule has 3 heterocycles. The van der Waals surface area contributed by atoms with E-state index in [4.69, 9.17) is 4.43 Å². The van der Waals surface area contributed by atoms with Gasteiger partial charge in [-0.3, -0.25) is 9.88 Å². The van der Waals surface area contributed by atoms with Gasteiger partial charge in [-0.25, -0.2) is 9.78 Å². The zero-order valence-electron chi connectivity index (χ0n) is 19.3. The molecule has 7 nitrogen and oxygen atoms in total. The molecule has 3 rings (SSSR count). The highest BCUT2D eigenvalue weighted by molar-refractivity contribution is 6.74. The quantitative estimate of drug-likeness (QED) is 0.649. The van der Waals surface area contributed by atoms with Gasteiger partial charge < -0.3 is 14.4 Å². The fourth-order valence-corrected chi connectivity index (χ4v) is 4.24. The van der Waals surface area contributed by atoms with Crippen LogP contribution >= 0.6 is 0 Å². The highest BCUT2D eigenvalue weighted by atomic mass is 28.4. The monoisotopic (exact) mass is 442 g/mol. The van der Waals surface area contributed by atoms with E-state index in [1.807, 2.05) is 6.20 Å². The lowest BCUT2D eigenvalue weighted by molar-refractivity contribution is 0.0697. The topological polar surface area (TPSA) is 78.8 Å². The Kier molecular flexibility index (Phi) is 7.13. The van der Waals surface area contributed by atoms with E-state index >= 15 is 0 Å². The van der Waals surface area contributed by atoms with Gasteiger partial charge in [0.05, 0.1) is 12.3 Å². The highest BCUT2D eigenvalue weighted by Crippen LogP contribution is 2.37. The fraction of sp³-hybridized carbons (Fsp3) is 0.522. The lowest BCUT2D eigenvalue weighted by Crippen LogP contribution is -2.46. The molecule has 0 unspecified atom stereocenters. The van der Waals surface area contributed by atoms with Gasteiger partial charge in [-0.2, -0.15) is 0 Å². The SMILES string of the molecule is CC(C)(C)[Si](C)(C)OCc1ccc(CN2CCN(c3ncccc3C(=O)O)CC2)nc1. The Bertz CT molecular complexity index is 888. The summed E-state index contributed by atoms with van der Waals surface area (Å²) in [6, 6.07) is 7.46.